The van der Waals surface area contributed by atoms with Crippen LogP contribution in [0.15, 0.2) is 35.3 Å². The maximum absolute atomic E-state index is 13.0. The molecule has 1 fully saturated rings. The molecule has 76 valence electrons. The summed E-state index contributed by atoms with van der Waals surface area (Å²) in [5.74, 6) is -0.354. The molecule has 1 aliphatic carbocycles. The Hall–Kier alpha value is -1.64. The van der Waals surface area contributed by atoms with Gasteiger partial charge in [0.05, 0.1) is 5.52 Å². The zero-order chi connectivity index (χ0) is 10.4. The molecule has 2 aromatic rings. The Balaban J connectivity index is 2.39. The number of benzene rings is 1. The van der Waals surface area contributed by atoms with E-state index < -0.39 is 0 Å². The molecule has 1 aliphatic rings. The van der Waals surface area contributed by atoms with E-state index in [1.807, 2.05) is 0 Å². The second kappa shape index (κ2) is 2.92. The molecular formula is C12H10FNO. The molecule has 1 saturated carbocycles. The molecule has 2 nitrogen and oxygen atoms in total. The second-order valence-corrected chi connectivity index (χ2v) is 3.98. The SMILES string of the molecule is O=c1ccn(C2CC2)c2ccc(F)cc12. The summed E-state index contributed by atoms with van der Waals surface area (Å²) >= 11 is 0. The molecule has 0 atom stereocenters. The topological polar surface area (TPSA) is 22.0 Å². The molecule has 0 radical (unpaired) electrons. The first-order chi connectivity index (χ1) is 7.25. The summed E-state index contributed by atoms with van der Waals surface area (Å²) in [6.07, 6.45) is 4.10. The van der Waals surface area contributed by atoms with Gasteiger partial charge in [-0.2, -0.15) is 0 Å². The summed E-state index contributed by atoms with van der Waals surface area (Å²) in [6, 6.07) is 6.42. The van der Waals surface area contributed by atoms with Crippen molar-refractivity contribution in [1.82, 2.24) is 4.57 Å². The highest BCUT2D eigenvalue weighted by Crippen LogP contribution is 2.36. The lowest BCUT2D eigenvalue weighted by atomic mass is 10.2. The number of halogens is 1. The third kappa shape index (κ3) is 1.35. The van der Waals surface area contributed by atoms with Crippen LogP contribution in [0.1, 0.15) is 18.9 Å². The smallest absolute Gasteiger partial charge is 0.189 e. The molecule has 0 aliphatic heterocycles. The van der Waals surface area contributed by atoms with Crippen LogP contribution in [-0.4, -0.2) is 4.57 Å². The van der Waals surface area contributed by atoms with Crippen molar-refractivity contribution in [2.45, 2.75) is 18.9 Å². The zero-order valence-electron chi connectivity index (χ0n) is 8.11. The maximum atomic E-state index is 13.0. The summed E-state index contributed by atoms with van der Waals surface area (Å²) in [5, 5.41) is 0.476. The van der Waals surface area contributed by atoms with E-state index in [1.54, 1.807) is 12.3 Å². The summed E-state index contributed by atoms with van der Waals surface area (Å²) in [6.45, 7) is 0. The predicted octanol–water partition coefficient (Wildman–Crippen LogP) is 2.48. The Morgan fingerprint density at radius 2 is 2.07 bits per heavy atom. The van der Waals surface area contributed by atoms with Crippen molar-refractivity contribution in [2.24, 2.45) is 0 Å². The van der Waals surface area contributed by atoms with Gasteiger partial charge in [-0.3, -0.25) is 4.79 Å². The lowest BCUT2D eigenvalue weighted by molar-refractivity contribution is 0.629. The molecule has 15 heavy (non-hydrogen) atoms. The summed E-state index contributed by atoms with van der Waals surface area (Å²) in [5.41, 5.74) is 0.729. The number of hydrogen-bond donors (Lipinski definition) is 0. The number of hydrogen-bond acceptors (Lipinski definition) is 1. The van der Waals surface area contributed by atoms with Crippen LogP contribution < -0.4 is 5.43 Å². The highest BCUT2D eigenvalue weighted by molar-refractivity contribution is 5.79. The van der Waals surface area contributed by atoms with Crippen LogP contribution in [0.2, 0.25) is 0 Å². The van der Waals surface area contributed by atoms with Crippen LogP contribution in [0.3, 0.4) is 0 Å². The fourth-order valence-corrected chi connectivity index (χ4v) is 1.92. The van der Waals surface area contributed by atoms with Crippen LogP contribution in [0.5, 0.6) is 0 Å². The molecule has 0 N–H and O–H groups in total. The van der Waals surface area contributed by atoms with Crippen LogP contribution in [0.4, 0.5) is 4.39 Å². The van der Waals surface area contributed by atoms with Crippen LogP contribution in [0.25, 0.3) is 10.9 Å². The number of rotatable bonds is 1. The molecular weight excluding hydrogens is 193 g/mol. The normalized spacial score (nSPS) is 15.8. The Morgan fingerprint density at radius 3 is 2.80 bits per heavy atom. The minimum absolute atomic E-state index is 0.110. The monoisotopic (exact) mass is 203 g/mol. The summed E-state index contributed by atoms with van der Waals surface area (Å²) in [4.78, 5) is 11.5. The van der Waals surface area contributed by atoms with Crippen molar-refractivity contribution in [3.8, 4) is 0 Å². The van der Waals surface area contributed by atoms with Crippen molar-refractivity contribution < 1.29 is 4.39 Å². The van der Waals surface area contributed by atoms with Crippen molar-refractivity contribution >= 4 is 10.9 Å². The van der Waals surface area contributed by atoms with Gasteiger partial charge in [-0.1, -0.05) is 0 Å². The van der Waals surface area contributed by atoms with Gasteiger partial charge in [0.1, 0.15) is 5.82 Å². The molecule has 3 heteroatoms. The van der Waals surface area contributed by atoms with E-state index in [9.17, 15) is 9.18 Å². The molecule has 1 aromatic carbocycles. The number of nitrogens with zero attached hydrogens (tertiary/aromatic N) is 1. The molecule has 0 amide bonds. The minimum atomic E-state index is -0.354. The van der Waals surface area contributed by atoms with Crippen molar-refractivity contribution in [3.63, 3.8) is 0 Å². The largest absolute Gasteiger partial charge is 0.344 e. The average Bonchev–Trinajstić information content (AvgIpc) is 3.03. The Labute approximate surface area is 86.0 Å². The van der Waals surface area contributed by atoms with Crippen molar-refractivity contribution in [2.75, 3.05) is 0 Å². The number of fused-ring (bicyclic) bond motifs is 1. The molecule has 3 rings (SSSR count). The summed E-state index contributed by atoms with van der Waals surface area (Å²) in [7, 11) is 0. The zero-order valence-corrected chi connectivity index (χ0v) is 8.11. The lowest BCUT2D eigenvalue weighted by Gasteiger charge is -2.08. The standard InChI is InChI=1S/C12H10FNO/c13-8-1-4-11-10(7-8)12(15)5-6-14(11)9-2-3-9/h1,4-7,9H,2-3H2. The van der Waals surface area contributed by atoms with Gasteiger partial charge >= 0.3 is 0 Å². The van der Waals surface area contributed by atoms with Crippen LogP contribution in [-0.2, 0) is 0 Å². The molecule has 1 heterocycles. The fourth-order valence-electron chi connectivity index (χ4n) is 1.92. The van der Waals surface area contributed by atoms with Gasteiger partial charge < -0.3 is 4.57 Å². The Bertz CT molecular complexity index is 584. The van der Waals surface area contributed by atoms with E-state index in [2.05, 4.69) is 4.57 Å². The third-order valence-electron chi connectivity index (χ3n) is 2.83. The molecule has 1 aromatic heterocycles. The van der Waals surface area contributed by atoms with Gasteiger partial charge in [0.25, 0.3) is 0 Å². The maximum Gasteiger partial charge on any atom is 0.189 e. The fraction of sp³-hybridized carbons (Fsp3) is 0.250. The number of aromatic nitrogens is 1. The van der Waals surface area contributed by atoms with E-state index in [0.717, 1.165) is 18.4 Å². The highest BCUT2D eigenvalue weighted by atomic mass is 19.1. The first-order valence-electron chi connectivity index (χ1n) is 5.06. The van der Waals surface area contributed by atoms with Crippen LogP contribution >= 0.6 is 0 Å². The minimum Gasteiger partial charge on any atom is -0.344 e. The molecule has 0 unspecified atom stereocenters. The van der Waals surface area contributed by atoms with Gasteiger partial charge in [0, 0.05) is 23.7 Å². The van der Waals surface area contributed by atoms with Gasteiger partial charge in [0.2, 0.25) is 0 Å². The van der Waals surface area contributed by atoms with E-state index in [0.29, 0.717) is 11.4 Å². The second-order valence-electron chi connectivity index (χ2n) is 3.98. The summed E-state index contributed by atoms with van der Waals surface area (Å²) < 4.78 is 15.1. The van der Waals surface area contributed by atoms with Gasteiger partial charge in [-0.05, 0) is 31.0 Å². The van der Waals surface area contributed by atoms with E-state index in [1.165, 1.54) is 18.2 Å². The Morgan fingerprint density at radius 1 is 1.27 bits per heavy atom. The van der Waals surface area contributed by atoms with E-state index in [-0.39, 0.29) is 11.2 Å². The first-order valence-corrected chi connectivity index (χ1v) is 5.06. The average molecular weight is 203 g/mol. The van der Waals surface area contributed by atoms with E-state index >= 15 is 0 Å². The van der Waals surface area contributed by atoms with Crippen LogP contribution in [0, 0.1) is 5.82 Å². The van der Waals surface area contributed by atoms with Crippen molar-refractivity contribution in [1.29, 1.82) is 0 Å². The first kappa shape index (κ1) is 8.65. The van der Waals surface area contributed by atoms with Gasteiger partial charge in [-0.15, -0.1) is 0 Å². The van der Waals surface area contributed by atoms with Gasteiger partial charge in [-0.25, -0.2) is 4.39 Å². The quantitative estimate of drug-likeness (QED) is 0.697. The van der Waals surface area contributed by atoms with Gasteiger partial charge in [0.15, 0.2) is 5.43 Å². The predicted molar refractivity (Wildman–Crippen MR) is 56.4 cm³/mol. The molecule has 0 saturated heterocycles. The molecule has 0 bridgehead atoms. The molecule has 0 spiro atoms. The lowest BCUT2D eigenvalue weighted by Crippen LogP contribution is -2.07. The van der Waals surface area contributed by atoms with Crippen molar-refractivity contribution in [3.05, 3.63) is 46.5 Å². The number of pyridine rings is 1. The Kier molecular flexibility index (Phi) is 1.69. The highest BCUT2D eigenvalue weighted by Gasteiger charge is 2.24. The third-order valence-corrected chi connectivity index (χ3v) is 2.83. The van der Waals surface area contributed by atoms with E-state index in [4.69, 9.17) is 0 Å².